The Labute approximate surface area is 152 Å². The van der Waals surface area contributed by atoms with Crippen LogP contribution in [0, 0.1) is 0 Å². The minimum Gasteiger partial charge on any atom is -0.494 e. The molecule has 0 N–H and O–H groups in total. The third kappa shape index (κ3) is 3.67. The van der Waals surface area contributed by atoms with Gasteiger partial charge in [0, 0.05) is 13.1 Å². The number of para-hydroxylation sites is 1. The zero-order chi connectivity index (χ0) is 18.7. The van der Waals surface area contributed by atoms with Crippen LogP contribution < -0.4 is 9.64 Å². The van der Waals surface area contributed by atoms with E-state index in [1.165, 1.54) is 12.1 Å². The minimum absolute atomic E-state index is 0.318. The SMILES string of the molecule is CCCOc1ccc2c(c1)CCN(c1ccccc1S(=O)(=O)C(F)F)C2. The van der Waals surface area contributed by atoms with E-state index in [1.54, 1.807) is 12.1 Å². The molecule has 0 saturated carbocycles. The van der Waals surface area contributed by atoms with Gasteiger partial charge < -0.3 is 9.64 Å². The van der Waals surface area contributed by atoms with Crippen molar-refractivity contribution < 1.29 is 21.9 Å². The fourth-order valence-corrected chi connectivity index (χ4v) is 4.05. The summed E-state index contributed by atoms with van der Waals surface area (Å²) in [4.78, 5) is 1.52. The second-order valence-corrected chi connectivity index (χ2v) is 8.11. The van der Waals surface area contributed by atoms with Gasteiger partial charge in [0.15, 0.2) is 0 Å². The van der Waals surface area contributed by atoms with Crippen LogP contribution in [0.15, 0.2) is 47.4 Å². The molecule has 26 heavy (non-hydrogen) atoms. The zero-order valence-electron chi connectivity index (χ0n) is 14.5. The van der Waals surface area contributed by atoms with Gasteiger partial charge in [0.1, 0.15) is 5.75 Å². The van der Waals surface area contributed by atoms with Gasteiger partial charge in [0.25, 0.3) is 0 Å². The van der Waals surface area contributed by atoms with Gasteiger partial charge in [0.2, 0.25) is 9.84 Å². The van der Waals surface area contributed by atoms with E-state index < -0.39 is 15.6 Å². The fraction of sp³-hybridized carbons (Fsp3) is 0.368. The molecule has 0 radical (unpaired) electrons. The van der Waals surface area contributed by atoms with Gasteiger partial charge >= 0.3 is 5.76 Å². The van der Waals surface area contributed by atoms with Gasteiger partial charge in [-0.2, -0.15) is 8.78 Å². The highest BCUT2D eigenvalue weighted by Gasteiger charge is 2.31. The van der Waals surface area contributed by atoms with Crippen molar-refractivity contribution in [2.75, 3.05) is 18.1 Å². The van der Waals surface area contributed by atoms with Crippen LogP contribution in [-0.4, -0.2) is 27.3 Å². The number of alkyl halides is 2. The number of fused-ring (bicyclic) bond motifs is 1. The molecule has 2 aromatic rings. The van der Waals surface area contributed by atoms with Crippen LogP contribution >= 0.6 is 0 Å². The second kappa shape index (κ2) is 7.61. The second-order valence-electron chi connectivity index (χ2n) is 6.22. The maximum absolute atomic E-state index is 13.0. The molecule has 0 amide bonds. The van der Waals surface area contributed by atoms with Crippen LogP contribution in [0.3, 0.4) is 0 Å². The summed E-state index contributed by atoms with van der Waals surface area (Å²) in [6, 6.07) is 11.8. The zero-order valence-corrected chi connectivity index (χ0v) is 15.3. The number of halogens is 2. The lowest BCUT2D eigenvalue weighted by Crippen LogP contribution is -2.32. The summed E-state index contributed by atoms with van der Waals surface area (Å²) in [6.45, 7) is 3.73. The van der Waals surface area contributed by atoms with Crippen LogP contribution in [0.1, 0.15) is 24.5 Å². The molecule has 2 aromatic carbocycles. The maximum atomic E-state index is 13.0. The lowest BCUT2D eigenvalue weighted by molar-refractivity contribution is 0.235. The summed E-state index contributed by atoms with van der Waals surface area (Å²) in [5, 5.41) is 0. The molecule has 3 rings (SSSR count). The van der Waals surface area contributed by atoms with Crippen LogP contribution in [0.2, 0.25) is 0 Å². The monoisotopic (exact) mass is 381 g/mol. The summed E-state index contributed by atoms with van der Waals surface area (Å²) in [7, 11) is -4.65. The summed E-state index contributed by atoms with van der Waals surface area (Å²) < 4.78 is 55.7. The first kappa shape index (κ1) is 18.6. The third-order valence-electron chi connectivity index (χ3n) is 4.41. The van der Waals surface area contributed by atoms with E-state index in [-0.39, 0.29) is 4.90 Å². The third-order valence-corrected chi connectivity index (χ3v) is 5.84. The molecule has 0 spiro atoms. The lowest BCUT2D eigenvalue weighted by Gasteiger charge is -2.32. The molecule has 0 saturated heterocycles. The highest BCUT2D eigenvalue weighted by atomic mass is 32.2. The molecular formula is C19H21F2NO3S. The van der Waals surface area contributed by atoms with Crippen LogP contribution in [-0.2, 0) is 22.8 Å². The molecule has 140 valence electrons. The van der Waals surface area contributed by atoms with Crippen molar-refractivity contribution in [2.45, 2.75) is 37.0 Å². The molecular weight excluding hydrogens is 360 g/mol. The summed E-state index contributed by atoms with van der Waals surface area (Å²) in [5.74, 6) is -2.61. The van der Waals surface area contributed by atoms with Gasteiger partial charge in [-0.25, -0.2) is 8.42 Å². The average molecular weight is 381 g/mol. The van der Waals surface area contributed by atoms with Crippen molar-refractivity contribution in [1.29, 1.82) is 0 Å². The van der Waals surface area contributed by atoms with E-state index in [9.17, 15) is 17.2 Å². The highest BCUT2D eigenvalue weighted by molar-refractivity contribution is 7.91. The Morgan fingerprint density at radius 3 is 2.65 bits per heavy atom. The topological polar surface area (TPSA) is 46.6 Å². The molecule has 1 aliphatic heterocycles. The number of benzene rings is 2. The first-order valence-corrected chi connectivity index (χ1v) is 10.1. The number of nitrogens with zero attached hydrogens (tertiary/aromatic N) is 1. The number of hydrogen-bond donors (Lipinski definition) is 0. The van der Waals surface area contributed by atoms with Gasteiger partial charge in [-0.1, -0.05) is 25.1 Å². The number of hydrogen-bond acceptors (Lipinski definition) is 4. The summed E-state index contributed by atoms with van der Waals surface area (Å²) in [5.41, 5.74) is 2.51. The highest BCUT2D eigenvalue weighted by Crippen LogP contribution is 2.33. The Morgan fingerprint density at radius 2 is 1.92 bits per heavy atom. The first-order valence-electron chi connectivity index (χ1n) is 8.54. The summed E-state index contributed by atoms with van der Waals surface area (Å²) in [6.07, 6.45) is 1.63. The van der Waals surface area contributed by atoms with E-state index in [0.29, 0.717) is 31.8 Å². The van der Waals surface area contributed by atoms with Gasteiger partial charge in [-0.05, 0) is 48.2 Å². The molecule has 7 heteroatoms. The largest absolute Gasteiger partial charge is 0.494 e. The van der Waals surface area contributed by atoms with Crippen molar-refractivity contribution in [3.8, 4) is 5.75 Å². The Hall–Kier alpha value is -2.15. The predicted octanol–water partition coefficient (Wildman–Crippen LogP) is 4.03. The normalized spacial score (nSPS) is 14.4. The van der Waals surface area contributed by atoms with Crippen molar-refractivity contribution in [2.24, 2.45) is 0 Å². The molecule has 0 aliphatic carbocycles. The molecule has 0 aromatic heterocycles. The lowest BCUT2D eigenvalue weighted by atomic mass is 9.99. The van der Waals surface area contributed by atoms with Gasteiger partial charge in [-0.15, -0.1) is 0 Å². The number of ether oxygens (including phenoxy) is 1. The predicted molar refractivity (Wildman–Crippen MR) is 96.6 cm³/mol. The van der Waals surface area contributed by atoms with Gasteiger partial charge in [-0.3, -0.25) is 0 Å². The minimum atomic E-state index is -4.65. The molecule has 4 nitrogen and oxygen atoms in total. The Morgan fingerprint density at radius 1 is 1.15 bits per heavy atom. The van der Waals surface area contributed by atoms with Crippen LogP contribution in [0.4, 0.5) is 14.5 Å². The van der Waals surface area contributed by atoms with E-state index in [1.807, 2.05) is 30.0 Å². The Kier molecular flexibility index (Phi) is 5.46. The quantitative estimate of drug-likeness (QED) is 0.758. The smallest absolute Gasteiger partial charge is 0.341 e. The van der Waals surface area contributed by atoms with E-state index in [0.717, 1.165) is 23.3 Å². The Bertz CT molecular complexity index is 884. The van der Waals surface area contributed by atoms with Crippen molar-refractivity contribution in [3.63, 3.8) is 0 Å². The molecule has 0 bridgehead atoms. The standard InChI is InChI=1S/C19H21F2NO3S/c1-2-11-25-16-8-7-15-13-22(10-9-14(15)12-16)17-5-3-4-6-18(17)26(23,24)19(20)21/h3-8,12,19H,2,9-11,13H2,1H3. The first-order chi connectivity index (χ1) is 12.4. The van der Waals surface area contributed by atoms with E-state index in [2.05, 4.69) is 0 Å². The van der Waals surface area contributed by atoms with E-state index >= 15 is 0 Å². The molecule has 1 heterocycles. The fourth-order valence-electron chi connectivity index (χ4n) is 3.10. The van der Waals surface area contributed by atoms with E-state index in [4.69, 9.17) is 4.74 Å². The summed E-state index contributed by atoms with van der Waals surface area (Å²) >= 11 is 0. The molecule has 0 fully saturated rings. The molecule has 0 atom stereocenters. The van der Waals surface area contributed by atoms with Crippen molar-refractivity contribution in [1.82, 2.24) is 0 Å². The van der Waals surface area contributed by atoms with Crippen molar-refractivity contribution >= 4 is 15.5 Å². The Balaban J connectivity index is 1.88. The maximum Gasteiger partial charge on any atom is 0.341 e. The molecule has 1 aliphatic rings. The number of anilines is 1. The average Bonchev–Trinajstić information content (AvgIpc) is 2.65. The van der Waals surface area contributed by atoms with Crippen molar-refractivity contribution in [3.05, 3.63) is 53.6 Å². The molecule has 0 unspecified atom stereocenters. The van der Waals surface area contributed by atoms with Crippen LogP contribution in [0.25, 0.3) is 0 Å². The number of rotatable bonds is 6. The number of sulfone groups is 1. The van der Waals surface area contributed by atoms with Gasteiger partial charge in [0.05, 0.1) is 17.2 Å². The van der Waals surface area contributed by atoms with Crippen LogP contribution in [0.5, 0.6) is 5.75 Å².